The van der Waals surface area contributed by atoms with Crippen LogP contribution in [-0.2, 0) is 76.7 Å². The quantitative estimate of drug-likeness (QED) is 0.0117. The van der Waals surface area contributed by atoms with E-state index in [1.807, 2.05) is 21.3 Å². The van der Waals surface area contributed by atoms with Gasteiger partial charge in [0.05, 0.1) is 45.8 Å². The van der Waals surface area contributed by atoms with Crippen LogP contribution in [0.15, 0.2) is 4.99 Å². The van der Waals surface area contributed by atoms with E-state index >= 15 is 0 Å². The van der Waals surface area contributed by atoms with E-state index in [-0.39, 0.29) is 31.8 Å². The molecule has 88 heavy (non-hydrogen) atoms. The minimum Gasteiger partial charge on any atom is -0.481 e. The highest BCUT2D eigenvalue weighted by Crippen LogP contribution is 2.12. The van der Waals surface area contributed by atoms with Crippen LogP contribution in [0, 0.1) is 24.2 Å². The lowest BCUT2D eigenvalue weighted by atomic mass is 9.97. The van der Waals surface area contributed by atoms with Crippen molar-refractivity contribution in [2.24, 2.45) is 39.8 Å². The number of hydrogen-bond acceptors (Lipinski definition) is 20. The van der Waals surface area contributed by atoms with Crippen LogP contribution in [0.5, 0.6) is 0 Å². The van der Waals surface area contributed by atoms with Gasteiger partial charge >= 0.3 is 11.9 Å². The summed E-state index contributed by atoms with van der Waals surface area (Å²) in [5.74, 6) is -18.3. The molecule has 0 bridgehead atoms. The van der Waals surface area contributed by atoms with Crippen LogP contribution in [0.4, 0.5) is 0 Å². The number of carbonyl (C=O) groups is 16. The highest BCUT2D eigenvalue weighted by molar-refractivity contribution is 6.00. The number of nitrogens with two attached hydrogens (primary N) is 4. The third kappa shape index (κ3) is 30.3. The maximum absolute atomic E-state index is 13.8. The smallest absolute Gasteiger partial charge is 0.305 e. The SMILES string of the molecule is C#CCC(NC(=O)[C@@H](NC(=O)[C@H](CC(N)=O)NC(=O)[C@H](CCCN=C(N)N)NC(=O)CNC(C)=O)[C@@H](C)CC)C(=O)NCC(=O)N[C@@H](CO)C(=O)N[C@@H](CC(=O)O)C(=O)N[C@@H](CO)C(=O)N[C@H](C(=O)N[C@@H](CCC(=O)O)C(=O)N[C@@H](CO)C(N)=O)C(C)C. The highest BCUT2D eigenvalue weighted by atomic mass is 16.4. The van der Waals surface area contributed by atoms with E-state index in [0.717, 1.165) is 6.92 Å². The predicted molar refractivity (Wildman–Crippen MR) is 302 cm³/mol. The zero-order chi connectivity index (χ0) is 67.5. The van der Waals surface area contributed by atoms with E-state index in [9.17, 15) is 102 Å². The first-order valence-corrected chi connectivity index (χ1v) is 27.0. The van der Waals surface area contributed by atoms with Crippen LogP contribution in [0.3, 0.4) is 0 Å². The van der Waals surface area contributed by atoms with Crippen molar-refractivity contribution in [3.05, 3.63) is 0 Å². The van der Waals surface area contributed by atoms with Crippen molar-refractivity contribution in [3.8, 4) is 12.3 Å². The summed E-state index contributed by atoms with van der Waals surface area (Å²) in [5, 5.41) is 74.6. The second-order valence-corrected chi connectivity index (χ2v) is 19.8. The minimum absolute atomic E-state index is 0.00807. The number of aliphatic hydroxyl groups excluding tert-OH is 3. The molecule has 11 atom stereocenters. The molecule has 492 valence electrons. The van der Waals surface area contributed by atoms with E-state index in [1.54, 1.807) is 6.92 Å². The molecule has 0 rings (SSSR count). The van der Waals surface area contributed by atoms with E-state index in [0.29, 0.717) is 0 Å². The monoisotopic (exact) mass is 1260 g/mol. The molecule has 0 aliphatic heterocycles. The van der Waals surface area contributed by atoms with E-state index in [4.69, 9.17) is 29.4 Å². The molecular formula is C50H81N17O21. The largest absolute Gasteiger partial charge is 0.481 e. The fourth-order valence-electron chi connectivity index (χ4n) is 7.37. The number of terminal acetylenes is 1. The van der Waals surface area contributed by atoms with Crippen molar-refractivity contribution in [1.29, 1.82) is 0 Å². The number of carboxylic acids is 2. The molecule has 25 N–H and O–H groups in total. The molecule has 0 aromatic carbocycles. The summed E-state index contributed by atoms with van der Waals surface area (Å²) in [6.07, 6.45) is 1.82. The molecule has 0 radical (unpaired) electrons. The Morgan fingerprint density at radius 3 is 1.39 bits per heavy atom. The predicted octanol–water partition coefficient (Wildman–Crippen LogP) is -11.5. The summed E-state index contributed by atoms with van der Waals surface area (Å²) in [4.78, 5) is 209. The Balaban J connectivity index is 6.24. The van der Waals surface area contributed by atoms with Crippen LogP contribution in [0.1, 0.15) is 86.0 Å². The van der Waals surface area contributed by atoms with Crippen molar-refractivity contribution in [1.82, 2.24) is 63.8 Å². The van der Waals surface area contributed by atoms with Crippen molar-refractivity contribution >= 4 is 101 Å². The van der Waals surface area contributed by atoms with Crippen molar-refractivity contribution in [2.75, 3.05) is 39.5 Å². The zero-order valence-corrected chi connectivity index (χ0v) is 48.9. The van der Waals surface area contributed by atoms with Crippen LogP contribution >= 0.6 is 0 Å². The molecule has 1 unspecified atom stereocenters. The Kier molecular flexibility index (Phi) is 36.0. The number of guanidine groups is 1. The number of hydrogen-bond donors (Lipinski definition) is 21. The van der Waals surface area contributed by atoms with Crippen molar-refractivity contribution in [3.63, 3.8) is 0 Å². The van der Waals surface area contributed by atoms with E-state index in [2.05, 4.69) is 53.4 Å². The number of nitrogens with one attached hydrogen (secondary N) is 12. The molecule has 0 saturated carbocycles. The summed E-state index contributed by atoms with van der Waals surface area (Å²) in [5.41, 5.74) is 21.2. The van der Waals surface area contributed by atoms with E-state index in [1.165, 1.54) is 20.8 Å². The fourth-order valence-corrected chi connectivity index (χ4v) is 7.37. The van der Waals surface area contributed by atoms with Gasteiger partial charge in [0.2, 0.25) is 82.7 Å². The molecule has 0 heterocycles. The van der Waals surface area contributed by atoms with Gasteiger partial charge in [0, 0.05) is 26.3 Å². The average Bonchev–Trinajstić information content (AvgIpc) is 3.65. The molecule has 38 heteroatoms. The highest BCUT2D eigenvalue weighted by Gasteiger charge is 2.37. The van der Waals surface area contributed by atoms with Gasteiger partial charge in [-0.05, 0) is 31.1 Å². The Morgan fingerprint density at radius 2 is 0.909 bits per heavy atom. The lowest BCUT2D eigenvalue weighted by Gasteiger charge is -2.28. The summed E-state index contributed by atoms with van der Waals surface area (Å²) in [6.45, 7) is 2.15. The first-order chi connectivity index (χ1) is 41.2. The molecular weight excluding hydrogens is 1170 g/mol. The topological polar surface area (TPSA) is 635 Å². The first kappa shape index (κ1) is 78.2. The van der Waals surface area contributed by atoms with Gasteiger partial charge in [-0.2, -0.15) is 0 Å². The van der Waals surface area contributed by atoms with Crippen LogP contribution in [-0.4, -0.2) is 226 Å². The maximum Gasteiger partial charge on any atom is 0.305 e. The molecule has 0 aromatic heterocycles. The van der Waals surface area contributed by atoms with Crippen LogP contribution in [0.2, 0.25) is 0 Å². The Hall–Kier alpha value is -9.77. The van der Waals surface area contributed by atoms with Gasteiger partial charge in [0.25, 0.3) is 0 Å². The van der Waals surface area contributed by atoms with Gasteiger partial charge in [0.15, 0.2) is 5.96 Å². The Morgan fingerprint density at radius 1 is 0.489 bits per heavy atom. The number of carboxylic acid groups (broad SMARTS) is 2. The van der Waals surface area contributed by atoms with Gasteiger partial charge in [0.1, 0.15) is 60.4 Å². The van der Waals surface area contributed by atoms with Crippen LogP contribution < -0.4 is 86.7 Å². The summed E-state index contributed by atoms with van der Waals surface area (Å²) >= 11 is 0. The Labute approximate surface area is 503 Å². The normalized spacial score (nSPS) is 14.5. The number of aliphatic hydroxyl groups is 3. The second kappa shape index (κ2) is 40.5. The molecule has 0 spiro atoms. The number of primary amides is 2. The third-order valence-corrected chi connectivity index (χ3v) is 12.3. The molecule has 0 fully saturated rings. The molecule has 0 aliphatic carbocycles. The van der Waals surface area contributed by atoms with Gasteiger partial charge in [-0.3, -0.25) is 81.7 Å². The lowest BCUT2D eigenvalue weighted by Crippen LogP contribution is -2.61. The third-order valence-electron chi connectivity index (χ3n) is 12.3. The molecule has 0 aromatic rings. The number of rotatable bonds is 42. The Bertz CT molecular complexity index is 2590. The number of aliphatic imine (C=N–C) groups is 1. The number of aliphatic carboxylic acids is 2. The van der Waals surface area contributed by atoms with E-state index < -0.39 is 232 Å². The maximum atomic E-state index is 13.8. The van der Waals surface area contributed by atoms with Gasteiger partial charge < -0.3 is 112 Å². The standard InChI is InChI=1S/C50H81N17O21/c1-7-10-25(60-49(88)39(23(5)8-2)67-45(84)28(15-33(51)72)62-42(81)26(11-9-14-55-50(53)54)58-34(73)17-56-24(6)71)41(80)57-18-35(74)59-31(20-69)46(85)63-29(16-37(77)78)44(83)65-32(21-70)47(86)66-38(22(3)4)48(87)61-27(12-13-36(75)76)43(82)64-30(19-68)40(52)79/h1,22-23,25-32,38-39,68-70H,8-21H2,2-6H3,(H2,51,72)(H2,52,79)(H,56,71)(H,57,80)(H,58,73)(H,59,74)(H,60,88)(H,61,87)(H,62,81)(H,63,85)(H,64,82)(H,65,83)(H,66,86)(H,67,84)(H,75,76)(H,77,78)(H4,53,54,55)/t23-,25?,26-,27-,28-,29-,30-,31-,32-,38-,39-/m0/s1. The number of carbonyl (C=O) groups excluding carboxylic acids is 14. The molecule has 0 saturated heterocycles. The van der Waals surface area contributed by atoms with Crippen molar-refractivity contribution < 1.29 is 102 Å². The van der Waals surface area contributed by atoms with Gasteiger partial charge in [-0.15, -0.1) is 12.3 Å². The number of amides is 14. The minimum atomic E-state index is -2.11. The average molecular weight is 1260 g/mol. The van der Waals surface area contributed by atoms with Gasteiger partial charge in [-0.25, -0.2) is 0 Å². The first-order valence-electron chi connectivity index (χ1n) is 27.0. The fraction of sp³-hybridized carbons (Fsp3) is 0.620. The van der Waals surface area contributed by atoms with Crippen molar-refractivity contribution in [2.45, 2.75) is 146 Å². The second-order valence-electron chi connectivity index (χ2n) is 19.8. The molecule has 0 aliphatic rings. The zero-order valence-electron chi connectivity index (χ0n) is 48.9. The van der Waals surface area contributed by atoms with Crippen LogP contribution in [0.25, 0.3) is 0 Å². The summed E-state index contributed by atoms with van der Waals surface area (Å²) in [6, 6.07) is -17.3. The van der Waals surface area contributed by atoms with Gasteiger partial charge in [-0.1, -0.05) is 34.1 Å². The summed E-state index contributed by atoms with van der Waals surface area (Å²) in [7, 11) is 0. The molecule has 38 nitrogen and oxygen atoms in total. The number of nitrogens with zero attached hydrogens (tertiary/aromatic N) is 1. The lowest BCUT2D eigenvalue weighted by molar-refractivity contribution is -0.142. The molecule has 14 amide bonds. The summed E-state index contributed by atoms with van der Waals surface area (Å²) < 4.78 is 0.